The lowest BCUT2D eigenvalue weighted by Crippen LogP contribution is -2.36. The molecule has 0 atom stereocenters. The van der Waals surface area contributed by atoms with Gasteiger partial charge < -0.3 is 19.8 Å². The first-order valence-electron chi connectivity index (χ1n) is 7.99. The van der Waals surface area contributed by atoms with Crippen molar-refractivity contribution in [3.8, 4) is 5.75 Å². The minimum Gasteiger partial charge on any atom is -0.494 e. The number of carbonyl (C=O) groups excluding carboxylic acids is 2. The Morgan fingerprint density at radius 1 is 1.12 bits per heavy atom. The van der Waals surface area contributed by atoms with E-state index >= 15 is 0 Å². The standard InChI is InChI=1S/C18H22N2O4/c1-2-3-10-23-15-8-6-14(7-9-15)18(22)20-13-17(21)19-12-16-5-4-11-24-16/h4-9,11H,2-3,10,12-13H2,1H3,(H,19,21)(H,20,22). The fourth-order valence-corrected chi connectivity index (χ4v) is 1.96. The van der Waals surface area contributed by atoms with Crippen LogP contribution in [0.1, 0.15) is 35.9 Å². The number of hydrogen-bond acceptors (Lipinski definition) is 4. The van der Waals surface area contributed by atoms with Gasteiger partial charge >= 0.3 is 0 Å². The van der Waals surface area contributed by atoms with Crippen molar-refractivity contribution in [2.45, 2.75) is 26.3 Å². The molecule has 0 aliphatic heterocycles. The molecule has 0 spiro atoms. The first-order chi connectivity index (χ1) is 11.7. The van der Waals surface area contributed by atoms with Crippen molar-refractivity contribution in [3.63, 3.8) is 0 Å². The Morgan fingerprint density at radius 3 is 2.58 bits per heavy atom. The zero-order valence-corrected chi connectivity index (χ0v) is 13.7. The predicted octanol–water partition coefficient (Wildman–Crippen LogP) is 2.50. The molecule has 2 rings (SSSR count). The van der Waals surface area contributed by atoms with Crippen molar-refractivity contribution in [1.29, 1.82) is 0 Å². The van der Waals surface area contributed by atoms with E-state index in [4.69, 9.17) is 9.15 Å². The second-order valence-electron chi connectivity index (χ2n) is 5.27. The highest BCUT2D eigenvalue weighted by Crippen LogP contribution is 2.12. The minimum atomic E-state index is -0.303. The number of rotatable bonds is 9. The van der Waals surface area contributed by atoms with Gasteiger partial charge in [-0.25, -0.2) is 0 Å². The van der Waals surface area contributed by atoms with E-state index in [-0.39, 0.29) is 18.4 Å². The second-order valence-corrected chi connectivity index (χ2v) is 5.27. The lowest BCUT2D eigenvalue weighted by molar-refractivity contribution is -0.120. The Hall–Kier alpha value is -2.76. The van der Waals surface area contributed by atoms with Crippen molar-refractivity contribution in [3.05, 3.63) is 54.0 Å². The van der Waals surface area contributed by atoms with Crippen molar-refractivity contribution < 1.29 is 18.7 Å². The maximum absolute atomic E-state index is 12.0. The van der Waals surface area contributed by atoms with E-state index in [0.29, 0.717) is 24.5 Å². The summed E-state index contributed by atoms with van der Waals surface area (Å²) in [5.74, 6) is 0.812. The Bertz CT molecular complexity index is 636. The maximum atomic E-state index is 12.0. The fraction of sp³-hybridized carbons (Fsp3) is 0.333. The summed E-state index contributed by atoms with van der Waals surface area (Å²) >= 11 is 0. The Kier molecular flexibility index (Phi) is 6.89. The Labute approximate surface area is 141 Å². The third-order valence-electron chi connectivity index (χ3n) is 3.33. The van der Waals surface area contributed by atoms with Crippen LogP contribution in [0.5, 0.6) is 5.75 Å². The molecule has 0 aliphatic rings. The molecule has 6 heteroatoms. The first kappa shape index (κ1) is 17.6. The molecule has 1 aromatic carbocycles. The molecule has 128 valence electrons. The highest BCUT2D eigenvalue weighted by Gasteiger charge is 2.08. The molecule has 0 aliphatic carbocycles. The highest BCUT2D eigenvalue weighted by molar-refractivity contribution is 5.96. The number of amides is 2. The largest absolute Gasteiger partial charge is 0.494 e. The zero-order chi connectivity index (χ0) is 17.2. The molecule has 0 fully saturated rings. The van der Waals surface area contributed by atoms with Gasteiger partial charge in [-0.2, -0.15) is 0 Å². The molecule has 0 saturated heterocycles. The number of carbonyl (C=O) groups is 2. The molecule has 0 unspecified atom stereocenters. The van der Waals surface area contributed by atoms with Crippen LogP contribution in [0.25, 0.3) is 0 Å². The smallest absolute Gasteiger partial charge is 0.251 e. The van der Waals surface area contributed by atoms with Crippen LogP contribution in [0.2, 0.25) is 0 Å². The maximum Gasteiger partial charge on any atom is 0.251 e. The average Bonchev–Trinajstić information content (AvgIpc) is 3.12. The summed E-state index contributed by atoms with van der Waals surface area (Å²) in [7, 11) is 0. The molecule has 0 bridgehead atoms. The third kappa shape index (κ3) is 5.79. The van der Waals surface area contributed by atoms with Crippen LogP contribution < -0.4 is 15.4 Å². The number of benzene rings is 1. The Morgan fingerprint density at radius 2 is 1.92 bits per heavy atom. The molecule has 6 nitrogen and oxygen atoms in total. The molecule has 2 aromatic rings. The summed E-state index contributed by atoms with van der Waals surface area (Å²) in [5.41, 5.74) is 0.483. The van der Waals surface area contributed by atoms with Gasteiger partial charge in [0.2, 0.25) is 5.91 Å². The lowest BCUT2D eigenvalue weighted by atomic mass is 10.2. The van der Waals surface area contributed by atoms with Gasteiger partial charge in [-0.15, -0.1) is 0 Å². The lowest BCUT2D eigenvalue weighted by Gasteiger charge is -2.08. The number of hydrogen-bond donors (Lipinski definition) is 2. The summed E-state index contributed by atoms with van der Waals surface area (Å²) in [4.78, 5) is 23.7. The van der Waals surface area contributed by atoms with Gasteiger partial charge in [0.05, 0.1) is 26.0 Å². The Balaban J connectivity index is 1.72. The molecule has 0 radical (unpaired) electrons. The summed E-state index contributed by atoms with van der Waals surface area (Å²) in [6.07, 6.45) is 3.61. The van der Waals surface area contributed by atoms with Crippen LogP contribution in [0.4, 0.5) is 0 Å². The van der Waals surface area contributed by atoms with E-state index in [1.54, 1.807) is 42.7 Å². The van der Waals surface area contributed by atoms with Crippen LogP contribution in [-0.4, -0.2) is 25.0 Å². The van der Waals surface area contributed by atoms with Crippen molar-refractivity contribution in [2.24, 2.45) is 0 Å². The van der Waals surface area contributed by atoms with Crippen LogP contribution in [0.3, 0.4) is 0 Å². The summed E-state index contributed by atoms with van der Waals surface area (Å²) in [6, 6.07) is 10.4. The normalized spacial score (nSPS) is 10.2. The molecule has 1 heterocycles. The summed E-state index contributed by atoms with van der Waals surface area (Å²) < 4.78 is 10.7. The second kappa shape index (κ2) is 9.39. The van der Waals surface area contributed by atoms with Gasteiger partial charge in [-0.05, 0) is 42.8 Å². The van der Waals surface area contributed by atoms with E-state index in [1.165, 1.54) is 0 Å². The average molecular weight is 330 g/mol. The monoisotopic (exact) mass is 330 g/mol. The molecule has 0 saturated carbocycles. The van der Waals surface area contributed by atoms with E-state index in [2.05, 4.69) is 17.6 Å². The van der Waals surface area contributed by atoms with Crippen molar-refractivity contribution in [1.82, 2.24) is 10.6 Å². The predicted molar refractivity (Wildman–Crippen MR) is 89.7 cm³/mol. The molecule has 2 amide bonds. The van der Waals surface area contributed by atoms with Gasteiger partial charge in [0.25, 0.3) is 5.91 Å². The molecule has 2 N–H and O–H groups in total. The van der Waals surface area contributed by atoms with E-state index in [1.807, 2.05) is 0 Å². The minimum absolute atomic E-state index is 0.0890. The van der Waals surface area contributed by atoms with Crippen LogP contribution in [-0.2, 0) is 11.3 Å². The molecule has 1 aromatic heterocycles. The summed E-state index contributed by atoms with van der Waals surface area (Å²) in [6.45, 7) is 2.97. The van der Waals surface area contributed by atoms with Crippen LogP contribution >= 0.6 is 0 Å². The number of nitrogens with one attached hydrogen (secondary N) is 2. The molecular formula is C18H22N2O4. The van der Waals surface area contributed by atoms with E-state index in [0.717, 1.165) is 18.6 Å². The van der Waals surface area contributed by atoms with Gasteiger partial charge in [0, 0.05) is 5.56 Å². The van der Waals surface area contributed by atoms with Gasteiger partial charge in [0.15, 0.2) is 0 Å². The number of unbranched alkanes of at least 4 members (excludes halogenated alkanes) is 1. The van der Waals surface area contributed by atoms with Gasteiger partial charge in [-0.3, -0.25) is 9.59 Å². The number of furan rings is 1. The topological polar surface area (TPSA) is 80.6 Å². The third-order valence-corrected chi connectivity index (χ3v) is 3.33. The zero-order valence-electron chi connectivity index (χ0n) is 13.7. The first-order valence-corrected chi connectivity index (χ1v) is 7.99. The van der Waals surface area contributed by atoms with Crippen molar-refractivity contribution in [2.75, 3.05) is 13.2 Å². The highest BCUT2D eigenvalue weighted by atomic mass is 16.5. The van der Waals surface area contributed by atoms with Gasteiger partial charge in [-0.1, -0.05) is 13.3 Å². The fourth-order valence-electron chi connectivity index (χ4n) is 1.96. The number of ether oxygens (including phenoxy) is 1. The van der Waals surface area contributed by atoms with E-state index < -0.39 is 0 Å². The molecular weight excluding hydrogens is 308 g/mol. The van der Waals surface area contributed by atoms with Gasteiger partial charge in [0.1, 0.15) is 11.5 Å². The summed E-state index contributed by atoms with van der Waals surface area (Å²) in [5, 5.41) is 5.24. The van der Waals surface area contributed by atoms with Crippen LogP contribution in [0.15, 0.2) is 47.1 Å². The quantitative estimate of drug-likeness (QED) is 0.692. The van der Waals surface area contributed by atoms with E-state index in [9.17, 15) is 9.59 Å². The van der Waals surface area contributed by atoms with Crippen LogP contribution in [0, 0.1) is 0 Å². The molecule has 24 heavy (non-hydrogen) atoms. The SMILES string of the molecule is CCCCOc1ccc(C(=O)NCC(=O)NCc2ccco2)cc1. The van der Waals surface area contributed by atoms with Crippen molar-refractivity contribution >= 4 is 11.8 Å².